The molecule has 1 aromatic heterocycles. The highest BCUT2D eigenvalue weighted by Crippen LogP contribution is 2.33. The van der Waals surface area contributed by atoms with Gasteiger partial charge in [0, 0.05) is 12.6 Å². The van der Waals surface area contributed by atoms with Gasteiger partial charge in [-0.3, -0.25) is 14.3 Å². The highest BCUT2D eigenvalue weighted by atomic mass is 79.9. The Labute approximate surface area is 115 Å². The maximum absolute atomic E-state index is 13.9. The molecule has 0 amide bonds. The van der Waals surface area contributed by atoms with Crippen LogP contribution in [0.3, 0.4) is 0 Å². The molecule has 6 nitrogen and oxygen atoms in total. The van der Waals surface area contributed by atoms with Crippen LogP contribution < -0.4 is 11.2 Å². The van der Waals surface area contributed by atoms with Crippen molar-refractivity contribution in [2.45, 2.75) is 18.3 Å². The summed E-state index contributed by atoms with van der Waals surface area (Å²) in [6, 6.07) is 0. The molecule has 2 rings (SSSR count). The number of hydrogen-bond donors (Lipinski definition) is 2. The normalized spacial score (nSPS) is 27.2. The Kier molecular flexibility index (Phi) is 4.02. The molecule has 1 aliphatic heterocycles. The van der Waals surface area contributed by atoms with Crippen molar-refractivity contribution in [3.05, 3.63) is 37.6 Å². The maximum atomic E-state index is 13.9. The summed E-state index contributed by atoms with van der Waals surface area (Å²) in [5.41, 5.74) is -2.83. The van der Waals surface area contributed by atoms with Gasteiger partial charge < -0.3 is 9.84 Å². The summed E-state index contributed by atoms with van der Waals surface area (Å²) in [5.74, 6) is 0. The SMILES string of the molecule is O=c1[nH]c(=O)n(C2CC(F)(CO)CO2)cc1/C=C/Br. The highest BCUT2D eigenvalue weighted by Gasteiger charge is 2.41. The average molecular weight is 335 g/mol. The molecule has 0 radical (unpaired) electrons. The van der Waals surface area contributed by atoms with Crippen molar-refractivity contribution in [2.24, 2.45) is 0 Å². The summed E-state index contributed by atoms with van der Waals surface area (Å²) in [5, 5.41) is 8.92. The van der Waals surface area contributed by atoms with Gasteiger partial charge in [-0.2, -0.15) is 0 Å². The number of aromatic nitrogens is 2. The molecular formula is C11H12BrFN2O4. The Balaban J connectivity index is 2.39. The number of nitrogens with zero attached hydrogens (tertiary/aromatic N) is 1. The van der Waals surface area contributed by atoms with Crippen LogP contribution in [0.25, 0.3) is 6.08 Å². The molecule has 1 aromatic rings. The lowest BCUT2D eigenvalue weighted by Crippen LogP contribution is -2.34. The molecule has 104 valence electrons. The number of alkyl halides is 1. The van der Waals surface area contributed by atoms with Crippen molar-refractivity contribution < 1.29 is 14.2 Å². The van der Waals surface area contributed by atoms with Crippen molar-refractivity contribution in [3.63, 3.8) is 0 Å². The van der Waals surface area contributed by atoms with Gasteiger partial charge >= 0.3 is 5.69 Å². The minimum atomic E-state index is -1.86. The molecule has 19 heavy (non-hydrogen) atoms. The number of ether oxygens (including phenoxy) is 1. The first kappa shape index (κ1) is 14.2. The Morgan fingerprint density at radius 3 is 3.00 bits per heavy atom. The van der Waals surface area contributed by atoms with Crippen LogP contribution in [-0.2, 0) is 4.74 Å². The minimum Gasteiger partial charge on any atom is -0.393 e. The summed E-state index contributed by atoms with van der Waals surface area (Å²) in [7, 11) is 0. The molecule has 8 heteroatoms. The zero-order valence-electron chi connectivity index (χ0n) is 9.81. The molecule has 2 atom stereocenters. The minimum absolute atomic E-state index is 0.146. The Morgan fingerprint density at radius 2 is 2.42 bits per heavy atom. The van der Waals surface area contributed by atoms with Crippen LogP contribution in [-0.4, -0.2) is 33.5 Å². The van der Waals surface area contributed by atoms with Gasteiger partial charge in [-0.15, -0.1) is 0 Å². The molecular weight excluding hydrogens is 323 g/mol. The van der Waals surface area contributed by atoms with Gasteiger partial charge in [0.15, 0.2) is 5.67 Å². The Hall–Kier alpha value is -1.25. The molecule has 0 bridgehead atoms. The first-order valence-electron chi connectivity index (χ1n) is 5.53. The second-order valence-electron chi connectivity index (χ2n) is 4.32. The molecule has 2 unspecified atom stereocenters. The molecule has 1 fully saturated rings. The molecule has 2 N–H and O–H groups in total. The van der Waals surface area contributed by atoms with Crippen LogP contribution in [0.5, 0.6) is 0 Å². The summed E-state index contributed by atoms with van der Waals surface area (Å²) < 4.78 is 20.1. The molecule has 0 aromatic carbocycles. The van der Waals surface area contributed by atoms with Gasteiger partial charge in [-0.05, 0) is 11.1 Å². The summed E-state index contributed by atoms with van der Waals surface area (Å²) in [4.78, 5) is 26.8. The van der Waals surface area contributed by atoms with Crippen molar-refractivity contribution in [1.82, 2.24) is 9.55 Å². The fraction of sp³-hybridized carbons (Fsp3) is 0.455. The van der Waals surface area contributed by atoms with E-state index in [-0.39, 0.29) is 18.6 Å². The zero-order valence-corrected chi connectivity index (χ0v) is 11.4. The molecule has 0 saturated carbocycles. The second kappa shape index (κ2) is 5.40. The number of aliphatic hydroxyl groups is 1. The van der Waals surface area contributed by atoms with Crippen molar-refractivity contribution in [3.8, 4) is 0 Å². The quantitative estimate of drug-likeness (QED) is 0.844. The van der Waals surface area contributed by atoms with Gasteiger partial charge in [0.1, 0.15) is 6.23 Å². The third kappa shape index (κ3) is 2.85. The predicted octanol–water partition coefficient (Wildman–Crippen LogP) is 0.522. The topological polar surface area (TPSA) is 84.3 Å². The van der Waals surface area contributed by atoms with E-state index >= 15 is 0 Å². The van der Waals surface area contributed by atoms with E-state index in [0.717, 1.165) is 4.57 Å². The van der Waals surface area contributed by atoms with Crippen molar-refractivity contribution in [1.29, 1.82) is 0 Å². The number of H-pyrrole nitrogens is 1. The van der Waals surface area contributed by atoms with Gasteiger partial charge in [0.25, 0.3) is 5.56 Å². The summed E-state index contributed by atoms with van der Waals surface area (Å²) in [6.45, 7) is -0.959. The van der Waals surface area contributed by atoms with E-state index in [9.17, 15) is 14.0 Å². The standard InChI is InChI=1S/C11H12BrFN2O4/c12-2-1-7-4-15(10(18)14-9(7)17)8-3-11(13,5-16)6-19-8/h1-2,4,8,16H,3,5-6H2,(H,14,17,18)/b2-1+. The fourth-order valence-corrected chi connectivity index (χ4v) is 2.15. The first-order valence-corrected chi connectivity index (χ1v) is 6.44. The van der Waals surface area contributed by atoms with E-state index in [1.54, 1.807) is 0 Å². The molecule has 0 aliphatic carbocycles. The fourth-order valence-electron chi connectivity index (χ4n) is 1.87. The van der Waals surface area contributed by atoms with Gasteiger partial charge in [-0.1, -0.05) is 15.9 Å². The zero-order chi connectivity index (χ0) is 14.0. The third-order valence-electron chi connectivity index (χ3n) is 2.91. The molecule has 0 spiro atoms. The Bertz CT molecular complexity index is 611. The highest BCUT2D eigenvalue weighted by molar-refractivity contribution is 9.11. The van der Waals surface area contributed by atoms with Crippen molar-refractivity contribution in [2.75, 3.05) is 13.2 Å². The number of halogens is 2. The van der Waals surface area contributed by atoms with E-state index in [1.165, 1.54) is 17.3 Å². The number of aromatic amines is 1. The first-order chi connectivity index (χ1) is 8.99. The second-order valence-corrected chi connectivity index (χ2v) is 4.85. The van der Waals surface area contributed by atoms with Crippen LogP contribution in [0.4, 0.5) is 4.39 Å². The smallest absolute Gasteiger partial charge is 0.330 e. The van der Waals surface area contributed by atoms with E-state index in [4.69, 9.17) is 9.84 Å². The van der Waals surface area contributed by atoms with E-state index < -0.39 is 29.8 Å². The number of nitrogens with one attached hydrogen (secondary N) is 1. The lowest BCUT2D eigenvalue weighted by molar-refractivity contribution is 0.0272. The van der Waals surface area contributed by atoms with Gasteiger partial charge in [0.05, 0.1) is 18.8 Å². The van der Waals surface area contributed by atoms with Gasteiger partial charge in [0.2, 0.25) is 0 Å². The summed E-state index contributed by atoms with van der Waals surface area (Å²) >= 11 is 3.03. The maximum Gasteiger partial charge on any atom is 0.330 e. The Morgan fingerprint density at radius 1 is 1.68 bits per heavy atom. The number of rotatable bonds is 3. The van der Waals surface area contributed by atoms with E-state index in [1.807, 2.05) is 0 Å². The van der Waals surface area contributed by atoms with E-state index in [2.05, 4.69) is 20.9 Å². The monoisotopic (exact) mass is 334 g/mol. The van der Waals surface area contributed by atoms with Crippen LogP contribution in [0.1, 0.15) is 18.2 Å². The molecule has 1 aliphatic rings. The van der Waals surface area contributed by atoms with Crippen LogP contribution in [0.2, 0.25) is 0 Å². The van der Waals surface area contributed by atoms with Crippen LogP contribution >= 0.6 is 15.9 Å². The van der Waals surface area contributed by atoms with Gasteiger partial charge in [-0.25, -0.2) is 9.18 Å². The summed E-state index contributed by atoms with van der Waals surface area (Å²) in [6.07, 6.45) is 1.77. The lowest BCUT2D eigenvalue weighted by atomic mass is 10.1. The van der Waals surface area contributed by atoms with Crippen LogP contribution in [0.15, 0.2) is 20.8 Å². The van der Waals surface area contributed by atoms with Crippen LogP contribution in [0, 0.1) is 0 Å². The number of hydrogen-bond acceptors (Lipinski definition) is 4. The molecule has 1 saturated heterocycles. The number of aliphatic hydroxyl groups excluding tert-OH is 1. The van der Waals surface area contributed by atoms with E-state index in [0.29, 0.717) is 0 Å². The van der Waals surface area contributed by atoms with Crippen molar-refractivity contribution >= 4 is 22.0 Å². The average Bonchev–Trinajstić information content (AvgIpc) is 2.76. The molecule has 2 heterocycles. The third-order valence-corrected chi connectivity index (χ3v) is 3.17. The lowest BCUT2D eigenvalue weighted by Gasteiger charge is -2.15. The largest absolute Gasteiger partial charge is 0.393 e. The predicted molar refractivity (Wildman–Crippen MR) is 69.8 cm³/mol.